The van der Waals surface area contributed by atoms with E-state index in [2.05, 4.69) is 167 Å². The Morgan fingerprint density at radius 3 is 2.12 bits per heavy atom. The summed E-state index contributed by atoms with van der Waals surface area (Å²) in [5, 5.41) is 13.8. The fraction of sp³-hybridized carbons (Fsp3) is 0.0870. The van der Waals surface area contributed by atoms with Crippen molar-refractivity contribution in [2.24, 2.45) is 5.73 Å². The van der Waals surface area contributed by atoms with E-state index in [1.54, 1.807) is 6.08 Å². The Morgan fingerprint density at radius 1 is 0.706 bits per heavy atom. The molecule has 2 atom stereocenters. The lowest BCUT2D eigenvalue weighted by molar-refractivity contribution is 0.363. The highest BCUT2D eigenvalue weighted by Gasteiger charge is 2.21. The molecule has 1 aromatic heterocycles. The number of benzene rings is 6. The van der Waals surface area contributed by atoms with Crippen molar-refractivity contribution in [1.29, 1.82) is 0 Å². The number of hydrogen-bond donors (Lipinski definition) is 4. The quantitative estimate of drug-likeness (QED) is 0.0731. The number of aromatic nitrogens is 1. The van der Waals surface area contributed by atoms with Crippen LogP contribution in [0.3, 0.4) is 0 Å². The minimum absolute atomic E-state index is 0.217. The van der Waals surface area contributed by atoms with Crippen molar-refractivity contribution in [3.8, 4) is 11.1 Å². The van der Waals surface area contributed by atoms with Gasteiger partial charge in [-0.25, -0.2) is 0 Å². The number of nitrogens with one attached hydrogen (secondary N) is 3. The van der Waals surface area contributed by atoms with Crippen LogP contribution in [0.5, 0.6) is 0 Å². The highest BCUT2D eigenvalue weighted by molar-refractivity contribution is 6.14. The minimum atomic E-state index is -0.362. The molecule has 7 aromatic rings. The van der Waals surface area contributed by atoms with E-state index in [-0.39, 0.29) is 12.3 Å². The van der Waals surface area contributed by atoms with Crippen molar-refractivity contribution in [2.45, 2.75) is 25.9 Å². The molecule has 7 rings (SSSR count). The van der Waals surface area contributed by atoms with Crippen molar-refractivity contribution in [3.05, 3.63) is 199 Å². The zero-order chi connectivity index (χ0) is 35.0. The molecule has 0 saturated heterocycles. The Morgan fingerprint density at radius 2 is 1.37 bits per heavy atom. The second-order valence-electron chi connectivity index (χ2n) is 12.6. The molecule has 6 aromatic carbocycles. The van der Waals surface area contributed by atoms with Crippen molar-refractivity contribution in [3.63, 3.8) is 0 Å². The van der Waals surface area contributed by atoms with Gasteiger partial charge in [0.2, 0.25) is 0 Å². The van der Waals surface area contributed by atoms with Gasteiger partial charge in [0, 0.05) is 22.0 Å². The van der Waals surface area contributed by atoms with Crippen molar-refractivity contribution in [2.75, 3.05) is 5.32 Å². The van der Waals surface area contributed by atoms with Gasteiger partial charge in [-0.3, -0.25) is 10.6 Å². The molecule has 252 valence electrons. The summed E-state index contributed by atoms with van der Waals surface area (Å²) in [6, 6.07) is 52.8. The fourth-order valence-corrected chi connectivity index (χ4v) is 6.72. The van der Waals surface area contributed by atoms with Gasteiger partial charge in [-0.1, -0.05) is 164 Å². The van der Waals surface area contributed by atoms with Gasteiger partial charge in [0.15, 0.2) is 0 Å². The monoisotopic (exact) mass is 665 g/mol. The molecule has 51 heavy (non-hydrogen) atoms. The van der Waals surface area contributed by atoms with Gasteiger partial charge in [0.1, 0.15) is 0 Å². The molecule has 0 aliphatic heterocycles. The molecule has 0 aliphatic rings. The lowest BCUT2D eigenvalue weighted by Gasteiger charge is -2.26. The first-order chi connectivity index (χ1) is 25.1. The molecule has 0 aliphatic carbocycles. The molecule has 5 heteroatoms. The molecule has 0 radical (unpaired) electrons. The van der Waals surface area contributed by atoms with Gasteiger partial charge in [-0.05, 0) is 52.9 Å². The molecule has 1 heterocycles. The Balaban J connectivity index is 1.35. The Labute approximate surface area is 300 Å². The average molecular weight is 666 g/mol. The summed E-state index contributed by atoms with van der Waals surface area (Å²) in [4.78, 5) is 0. The smallest absolute Gasteiger partial charge is 0.0863 e. The molecular formula is C46H43N5. The zero-order valence-electron chi connectivity index (χ0n) is 28.8. The Kier molecular flexibility index (Phi) is 10.3. The minimum Gasteiger partial charge on any atom is -0.353 e. The number of nitrogens with two attached hydrogens (primary N) is 1. The summed E-state index contributed by atoms with van der Waals surface area (Å²) < 4.78 is 2.38. The molecule has 0 spiro atoms. The average Bonchev–Trinajstić information content (AvgIpc) is 3.51. The van der Waals surface area contributed by atoms with Crippen LogP contribution in [0, 0.1) is 0 Å². The highest BCUT2D eigenvalue weighted by atomic mass is 15.2. The van der Waals surface area contributed by atoms with Gasteiger partial charge in [-0.15, -0.1) is 0 Å². The van der Waals surface area contributed by atoms with Crippen LogP contribution < -0.4 is 21.7 Å². The zero-order valence-corrected chi connectivity index (χ0v) is 28.8. The molecule has 0 bridgehead atoms. The van der Waals surface area contributed by atoms with Crippen LogP contribution in [0.15, 0.2) is 183 Å². The summed E-state index contributed by atoms with van der Waals surface area (Å²) in [5.41, 5.74) is 17.8. The van der Waals surface area contributed by atoms with Crippen LogP contribution in [0.4, 0.5) is 11.4 Å². The first-order valence-electron chi connectivity index (χ1n) is 17.4. The van der Waals surface area contributed by atoms with Crippen LogP contribution in [0.25, 0.3) is 38.5 Å². The number of anilines is 2. The number of allylic oxidation sites excluding steroid dienone is 5. The number of hydrogen-bond acceptors (Lipinski definition) is 4. The van der Waals surface area contributed by atoms with E-state index >= 15 is 0 Å². The molecule has 5 N–H and O–H groups in total. The standard InChI is InChI=1S/C46H43N5/c1-3-4-8-18-33(2)39-29-30-41-40-27-15-16-28-42(40)51(44(41)43(39)49-38-26-17-25-37(31-38)34-19-9-5-10-20-34)32-48-46(36-23-13-7-14-24-36)50-45(47)35-21-11-6-12-22-35/h3-31,45-46,48-50H,1,32,47H2,2H3/b8-4-,33-18+. The van der Waals surface area contributed by atoms with E-state index in [4.69, 9.17) is 5.73 Å². The van der Waals surface area contributed by atoms with Crippen LogP contribution >= 0.6 is 0 Å². The third-order valence-corrected chi connectivity index (χ3v) is 9.28. The third kappa shape index (κ3) is 7.47. The van der Waals surface area contributed by atoms with Crippen LogP contribution in [-0.4, -0.2) is 4.57 Å². The first kappa shape index (κ1) is 33.5. The number of para-hydroxylation sites is 1. The predicted octanol–water partition coefficient (Wildman–Crippen LogP) is 10.8. The maximum Gasteiger partial charge on any atom is 0.0863 e. The molecule has 5 nitrogen and oxygen atoms in total. The van der Waals surface area contributed by atoms with Crippen LogP contribution in [0.2, 0.25) is 0 Å². The molecule has 2 unspecified atom stereocenters. The third-order valence-electron chi connectivity index (χ3n) is 9.28. The van der Waals surface area contributed by atoms with Gasteiger partial charge in [0.05, 0.1) is 35.7 Å². The van der Waals surface area contributed by atoms with E-state index in [9.17, 15) is 0 Å². The largest absolute Gasteiger partial charge is 0.353 e. The molecular weight excluding hydrogens is 623 g/mol. The summed E-state index contributed by atoms with van der Waals surface area (Å²) in [5.74, 6) is 0. The predicted molar refractivity (Wildman–Crippen MR) is 216 cm³/mol. The maximum atomic E-state index is 6.74. The van der Waals surface area contributed by atoms with Crippen molar-refractivity contribution in [1.82, 2.24) is 15.2 Å². The highest BCUT2D eigenvalue weighted by Crippen LogP contribution is 2.40. The summed E-state index contributed by atoms with van der Waals surface area (Å²) >= 11 is 0. The molecule has 0 amide bonds. The lowest BCUT2D eigenvalue weighted by atomic mass is 10.0. The van der Waals surface area contributed by atoms with Crippen LogP contribution in [-0.2, 0) is 6.67 Å². The van der Waals surface area contributed by atoms with E-state index < -0.39 is 0 Å². The number of rotatable bonds is 13. The molecule has 0 fully saturated rings. The van der Waals surface area contributed by atoms with E-state index in [0.717, 1.165) is 50.2 Å². The number of nitrogens with zero attached hydrogens (tertiary/aromatic N) is 1. The summed E-state index contributed by atoms with van der Waals surface area (Å²) in [6.45, 7) is 6.54. The fourth-order valence-electron chi connectivity index (χ4n) is 6.72. The number of fused-ring (bicyclic) bond motifs is 3. The topological polar surface area (TPSA) is 67.0 Å². The lowest BCUT2D eigenvalue weighted by Crippen LogP contribution is -2.40. The van der Waals surface area contributed by atoms with Crippen LogP contribution in [0.1, 0.15) is 35.9 Å². The van der Waals surface area contributed by atoms with Gasteiger partial charge in [-0.2, -0.15) is 0 Å². The summed E-state index contributed by atoms with van der Waals surface area (Å²) in [7, 11) is 0. The maximum absolute atomic E-state index is 6.74. The Hall–Kier alpha value is -5.98. The van der Waals surface area contributed by atoms with E-state index in [1.165, 1.54) is 16.3 Å². The second-order valence-corrected chi connectivity index (χ2v) is 12.6. The van der Waals surface area contributed by atoms with Gasteiger partial charge in [0.25, 0.3) is 0 Å². The SMILES string of the molecule is C=C/C=C\C=C(/C)c1ccc2c3ccccc3n(CNC(NC(N)c3ccccc3)c3ccccc3)c2c1Nc1cccc(-c2ccccc2)c1. The normalized spacial score (nSPS) is 13.1. The van der Waals surface area contributed by atoms with Crippen molar-refractivity contribution < 1.29 is 0 Å². The Bertz CT molecular complexity index is 2300. The summed E-state index contributed by atoms with van der Waals surface area (Å²) in [6.07, 6.45) is 7.35. The van der Waals surface area contributed by atoms with Gasteiger partial charge >= 0.3 is 0 Å². The van der Waals surface area contributed by atoms with E-state index in [1.807, 2.05) is 36.4 Å². The van der Waals surface area contributed by atoms with Gasteiger partial charge < -0.3 is 15.6 Å². The molecule has 0 saturated carbocycles. The van der Waals surface area contributed by atoms with Crippen molar-refractivity contribution >= 4 is 38.8 Å². The van der Waals surface area contributed by atoms with E-state index in [0.29, 0.717) is 6.67 Å². The second kappa shape index (κ2) is 15.7. The first-order valence-corrected chi connectivity index (χ1v) is 17.4.